The number of halogens is 2. The lowest BCUT2D eigenvalue weighted by Crippen LogP contribution is -2.59. The van der Waals surface area contributed by atoms with Gasteiger partial charge < -0.3 is 9.91 Å². The van der Waals surface area contributed by atoms with Crippen LogP contribution < -0.4 is 10.7 Å². The molecule has 6 nitrogen and oxygen atoms in total. The van der Waals surface area contributed by atoms with Crippen molar-refractivity contribution in [3.63, 3.8) is 0 Å². The molecule has 2 N–H and O–H groups in total. The third-order valence-electron chi connectivity index (χ3n) is 5.71. The maximum atomic E-state index is 13.6. The number of hydrogen-bond acceptors (Lipinski definition) is 6. The Bertz CT molecular complexity index is 1020. The van der Waals surface area contributed by atoms with Crippen LogP contribution in [-0.2, 0) is 0 Å². The first-order valence-electron chi connectivity index (χ1n) is 8.93. The van der Waals surface area contributed by atoms with E-state index in [1.165, 1.54) is 6.08 Å². The van der Waals surface area contributed by atoms with Crippen molar-refractivity contribution in [3.05, 3.63) is 58.8 Å². The van der Waals surface area contributed by atoms with Gasteiger partial charge in [-0.05, 0) is 49.1 Å². The highest BCUT2D eigenvalue weighted by molar-refractivity contribution is 6.29. The van der Waals surface area contributed by atoms with E-state index in [0.717, 1.165) is 55.0 Å². The topological polar surface area (TPSA) is 71.2 Å². The van der Waals surface area contributed by atoms with Crippen molar-refractivity contribution in [2.45, 2.75) is 24.8 Å². The number of hydrazine groups is 1. The van der Waals surface area contributed by atoms with E-state index < -0.39 is 0 Å². The van der Waals surface area contributed by atoms with Gasteiger partial charge in [-0.2, -0.15) is 0 Å². The third-order valence-corrected chi connectivity index (χ3v) is 5.92. The Morgan fingerprint density at radius 3 is 2.78 bits per heavy atom. The number of piperidine rings is 1. The van der Waals surface area contributed by atoms with E-state index >= 15 is 0 Å². The average molecular weight is 385 g/mol. The first kappa shape index (κ1) is 16.6. The maximum absolute atomic E-state index is 13.6. The molecule has 0 bridgehead atoms. The van der Waals surface area contributed by atoms with Crippen LogP contribution in [0.25, 0.3) is 11.2 Å². The molecule has 1 saturated heterocycles. The van der Waals surface area contributed by atoms with E-state index in [0.29, 0.717) is 10.8 Å². The second-order valence-corrected chi connectivity index (χ2v) is 7.60. The zero-order valence-corrected chi connectivity index (χ0v) is 15.3. The Balaban J connectivity index is 1.36. The normalized spacial score (nSPS) is 21.2. The van der Waals surface area contributed by atoms with E-state index in [2.05, 4.69) is 25.9 Å². The second kappa shape index (κ2) is 6.00. The Kier molecular flexibility index (Phi) is 3.70. The summed E-state index contributed by atoms with van der Waals surface area (Å²) in [7, 11) is 0. The zero-order valence-electron chi connectivity index (χ0n) is 14.6. The molecular weight excluding hydrogens is 367 g/mol. The fourth-order valence-electron chi connectivity index (χ4n) is 4.12. The van der Waals surface area contributed by atoms with Crippen molar-refractivity contribution in [3.8, 4) is 0 Å². The van der Waals surface area contributed by atoms with E-state index in [1.807, 2.05) is 6.07 Å². The van der Waals surface area contributed by atoms with E-state index in [1.54, 1.807) is 23.3 Å². The predicted octanol–water partition coefficient (Wildman–Crippen LogP) is 3.27. The third kappa shape index (κ3) is 2.69. The summed E-state index contributed by atoms with van der Waals surface area (Å²) in [6, 6.07) is 3.55. The number of pyridine rings is 1. The van der Waals surface area contributed by atoms with Gasteiger partial charge in [-0.25, -0.2) is 25.2 Å². The van der Waals surface area contributed by atoms with Crippen molar-refractivity contribution >= 4 is 28.6 Å². The standard InChI is InChI=1S/C19H18ClFN6/c20-16-2-1-14-18(25-16)23-11-17(24-14)26-7-5-19(6-8-26)4-3-12-9-13(21)10-15(12)27(19)22/h1-3,9-11H,4-8,22H2. The molecule has 0 saturated carbocycles. The van der Waals surface area contributed by atoms with Crippen molar-refractivity contribution < 1.29 is 4.39 Å². The van der Waals surface area contributed by atoms with Crippen LogP contribution >= 0.6 is 11.6 Å². The highest BCUT2D eigenvalue weighted by atomic mass is 35.5. The lowest BCUT2D eigenvalue weighted by molar-refractivity contribution is 0.0961. The van der Waals surface area contributed by atoms with Crippen molar-refractivity contribution in [1.29, 1.82) is 0 Å². The summed E-state index contributed by atoms with van der Waals surface area (Å²) in [5.74, 6) is 7.01. The van der Waals surface area contributed by atoms with Crippen LogP contribution in [0.3, 0.4) is 0 Å². The van der Waals surface area contributed by atoms with Crippen LogP contribution in [0.5, 0.6) is 0 Å². The van der Waals surface area contributed by atoms with Crippen LogP contribution in [0.2, 0.25) is 5.15 Å². The summed E-state index contributed by atoms with van der Waals surface area (Å²) >= 11 is 5.91. The SMILES string of the molecule is NN1C2=CC(F)=CC2=CCC12CCN(c1cnc3nc(Cl)ccc3n1)CC2. The summed E-state index contributed by atoms with van der Waals surface area (Å²) in [6.45, 7) is 1.61. The Labute approximate surface area is 160 Å². The fourth-order valence-corrected chi connectivity index (χ4v) is 4.27. The summed E-state index contributed by atoms with van der Waals surface area (Å²) in [5, 5.41) is 2.19. The molecule has 2 aromatic heterocycles. The van der Waals surface area contributed by atoms with Gasteiger partial charge in [-0.15, -0.1) is 0 Å². The largest absolute Gasteiger partial charge is 0.355 e. The minimum Gasteiger partial charge on any atom is -0.355 e. The molecule has 5 rings (SSSR count). The van der Waals surface area contributed by atoms with Crippen LogP contribution in [0.15, 0.2) is 53.7 Å². The lowest BCUT2D eigenvalue weighted by Gasteiger charge is -2.50. The van der Waals surface area contributed by atoms with Gasteiger partial charge in [-0.1, -0.05) is 17.7 Å². The number of nitrogens with zero attached hydrogens (tertiary/aromatic N) is 5. The summed E-state index contributed by atoms with van der Waals surface area (Å²) < 4.78 is 13.6. The molecule has 138 valence electrons. The first-order valence-corrected chi connectivity index (χ1v) is 9.31. The number of hydrogen-bond donors (Lipinski definition) is 1. The number of nitrogens with two attached hydrogens (primary N) is 1. The van der Waals surface area contributed by atoms with Crippen LogP contribution in [0, 0.1) is 0 Å². The quantitative estimate of drug-likeness (QED) is 0.601. The maximum Gasteiger partial charge on any atom is 0.179 e. The highest BCUT2D eigenvalue weighted by Gasteiger charge is 2.43. The average Bonchev–Trinajstić information content (AvgIpc) is 3.06. The number of fused-ring (bicyclic) bond motifs is 2. The van der Waals surface area contributed by atoms with Crippen molar-refractivity contribution in [1.82, 2.24) is 20.0 Å². The molecule has 27 heavy (non-hydrogen) atoms. The molecule has 0 radical (unpaired) electrons. The molecule has 0 amide bonds. The van der Waals surface area contributed by atoms with E-state index in [-0.39, 0.29) is 11.4 Å². The van der Waals surface area contributed by atoms with Gasteiger partial charge in [-0.3, -0.25) is 0 Å². The number of allylic oxidation sites excluding steroid dienone is 3. The van der Waals surface area contributed by atoms with Gasteiger partial charge in [0.05, 0.1) is 17.4 Å². The van der Waals surface area contributed by atoms with Crippen LogP contribution in [0.4, 0.5) is 10.2 Å². The molecule has 1 aliphatic carbocycles. The monoisotopic (exact) mass is 384 g/mol. The Morgan fingerprint density at radius 2 is 1.96 bits per heavy atom. The molecule has 1 spiro atoms. The molecule has 1 fully saturated rings. The molecule has 3 aliphatic rings. The Hall–Kier alpha value is -2.51. The van der Waals surface area contributed by atoms with Gasteiger partial charge in [0.15, 0.2) is 5.65 Å². The molecule has 0 aromatic carbocycles. The van der Waals surface area contributed by atoms with E-state index in [4.69, 9.17) is 17.4 Å². The minimum atomic E-state index is -0.235. The second-order valence-electron chi connectivity index (χ2n) is 7.21. The molecule has 2 aliphatic heterocycles. The predicted molar refractivity (Wildman–Crippen MR) is 103 cm³/mol. The van der Waals surface area contributed by atoms with Gasteiger partial charge in [0.1, 0.15) is 22.3 Å². The first-order chi connectivity index (χ1) is 13.0. The summed E-state index contributed by atoms with van der Waals surface area (Å²) in [6.07, 6.45) is 9.45. The smallest absolute Gasteiger partial charge is 0.179 e. The molecule has 2 aromatic rings. The zero-order chi connectivity index (χ0) is 18.6. The van der Waals surface area contributed by atoms with Crippen LogP contribution in [0.1, 0.15) is 19.3 Å². The lowest BCUT2D eigenvalue weighted by atomic mass is 9.80. The molecule has 8 heteroatoms. The van der Waals surface area contributed by atoms with Crippen molar-refractivity contribution in [2.24, 2.45) is 5.84 Å². The van der Waals surface area contributed by atoms with Crippen molar-refractivity contribution in [2.75, 3.05) is 18.0 Å². The van der Waals surface area contributed by atoms with Crippen LogP contribution in [-0.4, -0.2) is 38.6 Å². The van der Waals surface area contributed by atoms with Gasteiger partial charge in [0.2, 0.25) is 0 Å². The minimum absolute atomic E-state index is 0.177. The number of rotatable bonds is 1. The van der Waals surface area contributed by atoms with Gasteiger partial charge in [0, 0.05) is 13.1 Å². The Morgan fingerprint density at radius 1 is 1.15 bits per heavy atom. The fraction of sp³-hybridized carbons (Fsp3) is 0.316. The summed E-state index contributed by atoms with van der Waals surface area (Å²) in [4.78, 5) is 15.4. The van der Waals surface area contributed by atoms with E-state index in [9.17, 15) is 4.39 Å². The molecule has 0 unspecified atom stereocenters. The summed E-state index contributed by atoms with van der Waals surface area (Å²) in [5.41, 5.74) is 2.75. The molecule has 0 atom stereocenters. The molecule has 4 heterocycles. The number of anilines is 1. The number of aromatic nitrogens is 3. The highest BCUT2D eigenvalue weighted by Crippen LogP contribution is 2.42. The van der Waals surface area contributed by atoms with Gasteiger partial charge in [0.25, 0.3) is 0 Å². The molecular formula is C19H18ClFN6. The van der Waals surface area contributed by atoms with Gasteiger partial charge >= 0.3 is 0 Å².